The summed E-state index contributed by atoms with van der Waals surface area (Å²) in [5.41, 5.74) is -0.134. The quantitative estimate of drug-likeness (QED) is 0.735. The van der Waals surface area contributed by atoms with E-state index in [0.29, 0.717) is 0 Å². The first-order chi connectivity index (χ1) is 6.13. The molecular formula is C7H5FNO3P. The summed E-state index contributed by atoms with van der Waals surface area (Å²) in [5.74, 6) is -0.842. The molecule has 1 aromatic rings. The van der Waals surface area contributed by atoms with E-state index in [2.05, 4.69) is 4.52 Å². The van der Waals surface area contributed by atoms with Gasteiger partial charge in [-0.2, -0.15) is 5.26 Å². The van der Waals surface area contributed by atoms with E-state index in [1.807, 2.05) is 0 Å². The summed E-state index contributed by atoms with van der Waals surface area (Å²) >= 11 is 0. The van der Waals surface area contributed by atoms with Crippen LogP contribution < -0.4 is 4.52 Å². The lowest BCUT2D eigenvalue weighted by molar-refractivity contribution is 0.409. The van der Waals surface area contributed by atoms with Crippen molar-refractivity contribution < 1.29 is 18.4 Å². The van der Waals surface area contributed by atoms with Crippen molar-refractivity contribution in [1.29, 1.82) is 5.26 Å². The molecule has 0 radical (unpaired) electrons. The molecular weight excluding hydrogens is 196 g/mol. The highest BCUT2D eigenvalue weighted by Crippen LogP contribution is 2.24. The predicted octanol–water partition coefficient (Wildman–Crippen LogP) is 1.46. The SMILES string of the molecule is N#Cc1ccc(O[PH](=O)O)cc1F. The Kier molecular flexibility index (Phi) is 3.02. The van der Waals surface area contributed by atoms with Gasteiger partial charge in [-0.15, -0.1) is 0 Å². The fraction of sp³-hybridized carbons (Fsp3) is 0. The first-order valence-electron chi connectivity index (χ1n) is 3.24. The van der Waals surface area contributed by atoms with Crippen LogP contribution in [0.25, 0.3) is 0 Å². The van der Waals surface area contributed by atoms with Gasteiger partial charge in [-0.25, -0.2) is 8.96 Å². The summed E-state index contributed by atoms with van der Waals surface area (Å²) in [5, 5.41) is 8.36. The maximum absolute atomic E-state index is 12.8. The van der Waals surface area contributed by atoms with Gasteiger partial charge in [0.1, 0.15) is 17.6 Å². The Morgan fingerprint density at radius 1 is 1.62 bits per heavy atom. The van der Waals surface area contributed by atoms with Gasteiger partial charge in [-0.3, -0.25) is 0 Å². The van der Waals surface area contributed by atoms with Crippen LogP contribution in [0.1, 0.15) is 5.56 Å². The van der Waals surface area contributed by atoms with E-state index in [-0.39, 0.29) is 11.3 Å². The van der Waals surface area contributed by atoms with Gasteiger partial charge in [-0.1, -0.05) is 0 Å². The van der Waals surface area contributed by atoms with Gasteiger partial charge >= 0.3 is 8.25 Å². The molecule has 0 spiro atoms. The van der Waals surface area contributed by atoms with Crippen molar-refractivity contribution in [3.63, 3.8) is 0 Å². The summed E-state index contributed by atoms with van der Waals surface area (Å²) in [4.78, 5) is 8.36. The zero-order valence-corrected chi connectivity index (χ0v) is 7.32. The zero-order valence-electron chi connectivity index (χ0n) is 6.32. The van der Waals surface area contributed by atoms with Crippen LogP contribution in [-0.2, 0) is 4.57 Å². The molecule has 6 heteroatoms. The maximum atomic E-state index is 12.8. The summed E-state index contributed by atoms with van der Waals surface area (Å²) in [7, 11) is -3.12. The van der Waals surface area contributed by atoms with Gasteiger partial charge in [0.25, 0.3) is 0 Å². The normalized spacial score (nSPS) is 11.8. The summed E-state index contributed by atoms with van der Waals surface area (Å²) in [6.45, 7) is 0. The average Bonchev–Trinajstić information content (AvgIpc) is 2.03. The largest absolute Gasteiger partial charge is 0.426 e. The van der Waals surface area contributed by atoms with E-state index >= 15 is 0 Å². The third kappa shape index (κ3) is 2.55. The first-order valence-corrected chi connectivity index (χ1v) is 4.50. The molecule has 1 aromatic carbocycles. The molecule has 13 heavy (non-hydrogen) atoms. The van der Waals surface area contributed by atoms with Crippen LogP contribution in [0.5, 0.6) is 5.75 Å². The summed E-state index contributed by atoms with van der Waals surface area (Å²) < 4.78 is 27.4. The topological polar surface area (TPSA) is 70.3 Å². The Morgan fingerprint density at radius 2 is 2.31 bits per heavy atom. The molecule has 0 aliphatic heterocycles. The highest BCUT2D eigenvalue weighted by atomic mass is 31.1. The molecule has 0 saturated carbocycles. The van der Waals surface area contributed by atoms with Gasteiger partial charge < -0.3 is 9.42 Å². The van der Waals surface area contributed by atoms with E-state index in [1.54, 1.807) is 6.07 Å². The second-order valence-electron chi connectivity index (χ2n) is 2.12. The molecule has 0 heterocycles. The minimum absolute atomic E-state index is 0.0668. The number of nitriles is 1. The van der Waals surface area contributed by atoms with Crippen LogP contribution >= 0.6 is 8.25 Å². The zero-order chi connectivity index (χ0) is 9.84. The molecule has 0 aromatic heterocycles. The van der Waals surface area contributed by atoms with Gasteiger partial charge in [0, 0.05) is 6.07 Å². The lowest BCUT2D eigenvalue weighted by atomic mass is 10.2. The van der Waals surface area contributed by atoms with Crippen molar-refractivity contribution in [2.45, 2.75) is 0 Å². The Bertz CT molecular complexity index is 388. The van der Waals surface area contributed by atoms with Crippen molar-refractivity contribution >= 4 is 8.25 Å². The van der Waals surface area contributed by atoms with Crippen LogP contribution in [-0.4, -0.2) is 4.89 Å². The van der Waals surface area contributed by atoms with Crippen LogP contribution in [0.2, 0.25) is 0 Å². The van der Waals surface area contributed by atoms with Gasteiger partial charge in [-0.05, 0) is 12.1 Å². The Morgan fingerprint density at radius 3 is 2.77 bits per heavy atom. The van der Waals surface area contributed by atoms with Crippen molar-refractivity contribution in [1.82, 2.24) is 0 Å². The molecule has 1 N–H and O–H groups in total. The summed E-state index contributed by atoms with van der Waals surface area (Å²) in [6.07, 6.45) is 0. The Labute approximate surface area is 74.1 Å². The monoisotopic (exact) mass is 201 g/mol. The molecule has 0 fully saturated rings. The highest BCUT2D eigenvalue weighted by molar-refractivity contribution is 7.32. The fourth-order valence-corrected chi connectivity index (χ4v) is 1.08. The molecule has 4 nitrogen and oxygen atoms in total. The van der Waals surface area contributed by atoms with Crippen molar-refractivity contribution in [3.05, 3.63) is 29.6 Å². The van der Waals surface area contributed by atoms with Crippen molar-refractivity contribution in [2.75, 3.05) is 0 Å². The third-order valence-corrected chi connectivity index (χ3v) is 1.68. The number of hydrogen-bond acceptors (Lipinski definition) is 3. The average molecular weight is 201 g/mol. The fourth-order valence-electron chi connectivity index (χ4n) is 0.751. The lowest BCUT2D eigenvalue weighted by Gasteiger charge is -2.01. The minimum Gasteiger partial charge on any atom is -0.426 e. The van der Waals surface area contributed by atoms with Crippen molar-refractivity contribution in [3.8, 4) is 11.8 Å². The van der Waals surface area contributed by atoms with Crippen LogP contribution in [0.4, 0.5) is 4.39 Å². The number of halogens is 1. The molecule has 0 bridgehead atoms. The highest BCUT2D eigenvalue weighted by Gasteiger charge is 2.04. The smallest absolute Gasteiger partial charge is 0.365 e. The molecule has 0 aliphatic carbocycles. The lowest BCUT2D eigenvalue weighted by Crippen LogP contribution is -1.85. The third-order valence-electron chi connectivity index (χ3n) is 1.27. The molecule has 0 saturated heterocycles. The number of benzene rings is 1. The Hall–Kier alpha value is -1.37. The Balaban J connectivity index is 2.97. The molecule has 1 rings (SSSR count). The van der Waals surface area contributed by atoms with E-state index in [0.717, 1.165) is 6.07 Å². The minimum atomic E-state index is -3.12. The van der Waals surface area contributed by atoms with Gasteiger partial charge in [0.05, 0.1) is 5.56 Å². The van der Waals surface area contributed by atoms with Crippen molar-refractivity contribution in [2.24, 2.45) is 0 Å². The van der Waals surface area contributed by atoms with Crippen LogP contribution in [0, 0.1) is 17.1 Å². The molecule has 1 atom stereocenters. The standard InChI is InChI=1S/C7H5FNO3P/c8-7-3-6(12-13(10)11)2-1-5(7)4-9/h1-3,13H,(H,10,11). The molecule has 0 aliphatic rings. The first kappa shape index (κ1) is 9.72. The van der Waals surface area contributed by atoms with Gasteiger partial charge in [0.2, 0.25) is 0 Å². The number of rotatable bonds is 2. The van der Waals surface area contributed by atoms with Crippen LogP contribution in [0.15, 0.2) is 18.2 Å². The second kappa shape index (κ2) is 4.04. The van der Waals surface area contributed by atoms with E-state index < -0.39 is 14.1 Å². The maximum Gasteiger partial charge on any atom is 0.365 e. The van der Waals surface area contributed by atoms with E-state index in [9.17, 15) is 8.96 Å². The van der Waals surface area contributed by atoms with Gasteiger partial charge in [0.15, 0.2) is 0 Å². The predicted molar refractivity (Wildman–Crippen MR) is 43.0 cm³/mol. The summed E-state index contributed by atoms with van der Waals surface area (Å²) in [6, 6.07) is 4.93. The van der Waals surface area contributed by atoms with E-state index in [4.69, 9.17) is 10.2 Å². The molecule has 1 unspecified atom stereocenters. The van der Waals surface area contributed by atoms with E-state index in [1.165, 1.54) is 12.1 Å². The molecule has 68 valence electrons. The number of hydrogen-bond donors (Lipinski definition) is 1. The number of nitrogens with zero attached hydrogens (tertiary/aromatic N) is 1. The molecule has 0 amide bonds. The second-order valence-corrected chi connectivity index (χ2v) is 2.86. The van der Waals surface area contributed by atoms with Crippen LogP contribution in [0.3, 0.4) is 0 Å².